The summed E-state index contributed by atoms with van der Waals surface area (Å²) in [5, 5.41) is 2.57. The van der Waals surface area contributed by atoms with Crippen LogP contribution in [-0.2, 0) is 25.4 Å². The molecule has 1 aliphatic heterocycles. The molecule has 2 atom stereocenters. The van der Waals surface area contributed by atoms with E-state index in [0.29, 0.717) is 12.0 Å². The zero-order valence-electron chi connectivity index (χ0n) is 11.9. The number of esters is 1. The third kappa shape index (κ3) is 4.32. The molecule has 1 aliphatic rings. The number of cyclic esters (lactones) is 1. The van der Waals surface area contributed by atoms with Gasteiger partial charge in [-0.3, -0.25) is 5.32 Å². The van der Waals surface area contributed by atoms with Crippen LogP contribution >= 0.6 is 0 Å². The summed E-state index contributed by atoms with van der Waals surface area (Å²) in [4.78, 5) is 22.9. The summed E-state index contributed by atoms with van der Waals surface area (Å²) in [5.74, 6) is -0.486. The maximum atomic E-state index is 11.7. The molecule has 0 bridgehead atoms. The molecule has 0 spiro atoms. The van der Waals surface area contributed by atoms with Crippen LogP contribution in [0.5, 0.6) is 0 Å². The molecule has 1 heterocycles. The summed E-state index contributed by atoms with van der Waals surface area (Å²) in [7, 11) is 1.49. The van der Waals surface area contributed by atoms with Crippen molar-refractivity contribution in [2.45, 2.75) is 25.9 Å². The molecule has 0 saturated heterocycles. The van der Waals surface area contributed by atoms with Crippen molar-refractivity contribution in [2.24, 2.45) is 0 Å². The Hall–Kier alpha value is -2.34. The van der Waals surface area contributed by atoms with Crippen LogP contribution in [0, 0.1) is 0 Å². The average Bonchev–Trinajstić information content (AvgIpc) is 2.77. The van der Waals surface area contributed by atoms with E-state index in [2.05, 4.69) is 5.32 Å². The summed E-state index contributed by atoms with van der Waals surface area (Å²) in [6.07, 6.45) is -0.262. The van der Waals surface area contributed by atoms with Gasteiger partial charge in [0.25, 0.3) is 6.29 Å². The molecule has 6 heteroatoms. The smallest absolute Gasteiger partial charge is 0.412 e. The van der Waals surface area contributed by atoms with Crippen molar-refractivity contribution in [3.05, 3.63) is 47.5 Å². The second kappa shape index (κ2) is 6.90. The Kier molecular flexibility index (Phi) is 4.94. The van der Waals surface area contributed by atoms with Crippen molar-refractivity contribution < 1.29 is 23.8 Å². The number of hydrogen-bond acceptors (Lipinski definition) is 5. The molecule has 112 valence electrons. The molecular formula is C15H17NO5. The van der Waals surface area contributed by atoms with Crippen LogP contribution in [0.15, 0.2) is 42.0 Å². The van der Waals surface area contributed by atoms with Gasteiger partial charge in [-0.15, -0.1) is 0 Å². The number of rotatable bonds is 5. The molecule has 0 fully saturated rings. The van der Waals surface area contributed by atoms with E-state index in [1.54, 1.807) is 6.92 Å². The zero-order valence-corrected chi connectivity index (χ0v) is 11.9. The quantitative estimate of drug-likeness (QED) is 0.661. The van der Waals surface area contributed by atoms with Gasteiger partial charge in [-0.2, -0.15) is 0 Å². The average molecular weight is 291 g/mol. The number of alkyl carbamates (subject to hydrolysis) is 1. The van der Waals surface area contributed by atoms with Crippen LogP contribution < -0.4 is 5.32 Å². The van der Waals surface area contributed by atoms with Crippen LogP contribution in [-0.4, -0.2) is 31.7 Å². The Balaban J connectivity index is 1.84. The minimum absolute atomic E-state index is 0.417. The third-order valence-electron chi connectivity index (χ3n) is 2.98. The normalized spacial score (nSPS) is 18.7. The second-order valence-corrected chi connectivity index (χ2v) is 4.59. The Labute approximate surface area is 122 Å². The van der Waals surface area contributed by atoms with E-state index in [0.717, 1.165) is 5.56 Å². The summed E-state index contributed by atoms with van der Waals surface area (Å²) in [5.41, 5.74) is 1.44. The first kappa shape index (κ1) is 15.1. The molecule has 0 aromatic heterocycles. The highest BCUT2D eigenvalue weighted by molar-refractivity contribution is 5.90. The van der Waals surface area contributed by atoms with E-state index in [1.807, 2.05) is 30.3 Å². The highest BCUT2D eigenvalue weighted by Gasteiger charge is 2.26. The lowest BCUT2D eigenvalue weighted by atomic mass is 10.1. The number of carbonyl (C=O) groups is 2. The monoisotopic (exact) mass is 291 g/mol. The van der Waals surface area contributed by atoms with Gasteiger partial charge in [0.05, 0.1) is 0 Å². The molecule has 1 N–H and O–H groups in total. The number of carbonyl (C=O) groups excluding carboxylic acids is 2. The van der Waals surface area contributed by atoms with Crippen LogP contribution in [0.2, 0.25) is 0 Å². The predicted molar refractivity (Wildman–Crippen MR) is 74.2 cm³/mol. The highest BCUT2D eigenvalue weighted by Crippen LogP contribution is 2.14. The molecule has 0 radical (unpaired) electrons. The predicted octanol–water partition coefficient (Wildman–Crippen LogP) is 1.76. The fourth-order valence-corrected chi connectivity index (χ4v) is 1.86. The van der Waals surface area contributed by atoms with Crippen molar-refractivity contribution in [3.63, 3.8) is 0 Å². The lowest BCUT2D eigenvalue weighted by Crippen LogP contribution is -2.39. The third-order valence-corrected chi connectivity index (χ3v) is 2.98. The molecule has 2 unspecified atom stereocenters. The molecule has 21 heavy (non-hydrogen) atoms. The van der Waals surface area contributed by atoms with Crippen molar-refractivity contribution in [3.8, 4) is 0 Å². The Bertz CT molecular complexity index is 540. The van der Waals surface area contributed by atoms with E-state index in [1.165, 1.54) is 13.2 Å². The van der Waals surface area contributed by atoms with Gasteiger partial charge < -0.3 is 14.2 Å². The van der Waals surface area contributed by atoms with Gasteiger partial charge in [0.15, 0.2) is 0 Å². The highest BCUT2D eigenvalue weighted by atomic mass is 16.7. The van der Waals surface area contributed by atoms with Crippen LogP contribution in [0.3, 0.4) is 0 Å². The summed E-state index contributed by atoms with van der Waals surface area (Å²) in [6, 6.07) is 9.60. The van der Waals surface area contributed by atoms with Gasteiger partial charge in [0.2, 0.25) is 0 Å². The maximum absolute atomic E-state index is 11.7. The fourth-order valence-electron chi connectivity index (χ4n) is 1.86. The van der Waals surface area contributed by atoms with Gasteiger partial charge >= 0.3 is 12.1 Å². The largest absolute Gasteiger partial charge is 0.418 e. The number of hydrogen-bond donors (Lipinski definition) is 1. The first-order chi connectivity index (χ1) is 10.1. The summed E-state index contributed by atoms with van der Waals surface area (Å²) < 4.78 is 15.0. The number of amides is 1. The van der Waals surface area contributed by atoms with E-state index in [9.17, 15) is 9.59 Å². The number of benzene rings is 1. The van der Waals surface area contributed by atoms with Crippen LogP contribution in [0.25, 0.3) is 0 Å². The standard InChI is InChI=1S/C15H17NO5/c1-10-8-13(20-14(10)17)21-15(18)16-12(19-2)9-11-6-4-3-5-7-11/h3-8,12-13H,9H2,1-2H3,(H,16,18). The SMILES string of the molecule is COC(Cc1ccccc1)NC(=O)OC1C=C(C)C(=O)O1. The molecule has 1 aromatic carbocycles. The Morgan fingerprint density at radius 1 is 1.38 bits per heavy atom. The van der Waals surface area contributed by atoms with Crippen LogP contribution in [0.1, 0.15) is 12.5 Å². The molecular weight excluding hydrogens is 274 g/mol. The van der Waals surface area contributed by atoms with Crippen molar-refractivity contribution >= 4 is 12.1 Å². The summed E-state index contributed by atoms with van der Waals surface area (Å²) >= 11 is 0. The van der Waals surface area contributed by atoms with Crippen molar-refractivity contribution in [2.75, 3.05) is 7.11 Å². The Morgan fingerprint density at radius 3 is 2.67 bits per heavy atom. The van der Waals surface area contributed by atoms with Gasteiger partial charge in [-0.1, -0.05) is 30.3 Å². The number of ether oxygens (including phenoxy) is 3. The summed E-state index contributed by atoms with van der Waals surface area (Å²) in [6.45, 7) is 1.59. The molecule has 0 aliphatic carbocycles. The lowest BCUT2D eigenvalue weighted by Gasteiger charge is -2.18. The van der Waals surface area contributed by atoms with Crippen molar-refractivity contribution in [1.29, 1.82) is 0 Å². The topological polar surface area (TPSA) is 73.9 Å². The van der Waals surface area contributed by atoms with E-state index in [-0.39, 0.29) is 0 Å². The zero-order chi connectivity index (χ0) is 15.2. The van der Waals surface area contributed by atoms with E-state index >= 15 is 0 Å². The van der Waals surface area contributed by atoms with E-state index < -0.39 is 24.6 Å². The van der Waals surface area contributed by atoms with Crippen molar-refractivity contribution in [1.82, 2.24) is 5.32 Å². The molecule has 0 saturated carbocycles. The molecule has 2 rings (SSSR count). The first-order valence-corrected chi connectivity index (χ1v) is 6.52. The van der Waals surface area contributed by atoms with Gasteiger partial charge in [0, 0.05) is 25.2 Å². The number of nitrogens with one attached hydrogen (secondary N) is 1. The maximum Gasteiger partial charge on any atom is 0.412 e. The van der Waals surface area contributed by atoms with Gasteiger partial charge in [0.1, 0.15) is 6.23 Å². The fraction of sp³-hybridized carbons (Fsp3) is 0.333. The molecule has 1 amide bonds. The second-order valence-electron chi connectivity index (χ2n) is 4.59. The molecule has 6 nitrogen and oxygen atoms in total. The first-order valence-electron chi connectivity index (χ1n) is 6.52. The molecule has 1 aromatic rings. The number of methoxy groups -OCH3 is 1. The minimum atomic E-state index is -0.980. The lowest BCUT2D eigenvalue weighted by molar-refractivity contribution is -0.151. The van der Waals surface area contributed by atoms with Crippen LogP contribution in [0.4, 0.5) is 4.79 Å². The van der Waals surface area contributed by atoms with Gasteiger partial charge in [-0.05, 0) is 12.5 Å². The minimum Gasteiger partial charge on any atom is -0.418 e. The van der Waals surface area contributed by atoms with E-state index in [4.69, 9.17) is 14.2 Å². The van der Waals surface area contributed by atoms with Gasteiger partial charge in [-0.25, -0.2) is 9.59 Å². The Morgan fingerprint density at radius 2 is 2.10 bits per heavy atom.